The number of hydrogen-bond acceptors (Lipinski definition) is 3. The lowest BCUT2D eigenvalue weighted by atomic mass is 10.1. The molecule has 0 saturated heterocycles. The van der Waals surface area contributed by atoms with Crippen LogP contribution in [0.25, 0.3) is 0 Å². The molecule has 1 aliphatic heterocycles. The minimum Gasteiger partial charge on any atom is -0.343 e. The number of nitrogens with one attached hydrogen (secondary N) is 1. The zero-order valence-electron chi connectivity index (χ0n) is 11.7. The summed E-state index contributed by atoms with van der Waals surface area (Å²) in [4.78, 5) is 25.9. The number of aromatic nitrogens is 2. The molecule has 0 aliphatic carbocycles. The Labute approximate surface area is 122 Å². The Kier molecular flexibility index (Phi) is 3.43. The smallest absolute Gasteiger partial charge is 0.253 e. The van der Waals surface area contributed by atoms with Gasteiger partial charge in [0.15, 0.2) is 0 Å². The van der Waals surface area contributed by atoms with E-state index in [0.29, 0.717) is 24.2 Å². The second-order valence-corrected chi connectivity index (χ2v) is 5.02. The van der Waals surface area contributed by atoms with E-state index in [0.717, 1.165) is 5.56 Å². The largest absolute Gasteiger partial charge is 0.343 e. The van der Waals surface area contributed by atoms with Crippen LogP contribution in [0.3, 0.4) is 0 Å². The van der Waals surface area contributed by atoms with Crippen LogP contribution in [0.4, 0.5) is 5.69 Å². The summed E-state index contributed by atoms with van der Waals surface area (Å²) in [5, 5.41) is 6.76. The summed E-state index contributed by atoms with van der Waals surface area (Å²) < 4.78 is 1.73. The number of carbonyl (C=O) groups excluding carboxylic acids is 2. The highest BCUT2D eigenvalue weighted by molar-refractivity contribution is 6.09. The molecule has 0 fully saturated rings. The van der Waals surface area contributed by atoms with Crippen molar-refractivity contribution in [3.8, 4) is 0 Å². The normalized spacial score (nSPS) is 14.6. The summed E-state index contributed by atoms with van der Waals surface area (Å²) in [6, 6.07) is 7.18. The van der Waals surface area contributed by atoms with Crippen LogP contribution < -0.4 is 10.2 Å². The van der Waals surface area contributed by atoms with Crippen LogP contribution in [0.15, 0.2) is 36.7 Å². The number of benzene rings is 1. The number of amides is 2. The summed E-state index contributed by atoms with van der Waals surface area (Å²) in [6.07, 6.45) is 4.41. The molecule has 6 heteroatoms. The van der Waals surface area contributed by atoms with Gasteiger partial charge in [-0.3, -0.25) is 14.3 Å². The maximum atomic E-state index is 12.2. The van der Waals surface area contributed by atoms with E-state index in [2.05, 4.69) is 10.4 Å². The van der Waals surface area contributed by atoms with E-state index in [1.165, 1.54) is 0 Å². The molecular weight excluding hydrogens is 268 g/mol. The van der Waals surface area contributed by atoms with Crippen LogP contribution in [0.1, 0.15) is 15.9 Å². The fourth-order valence-corrected chi connectivity index (χ4v) is 2.47. The van der Waals surface area contributed by atoms with Crippen molar-refractivity contribution in [1.82, 2.24) is 15.1 Å². The van der Waals surface area contributed by atoms with E-state index in [4.69, 9.17) is 0 Å². The number of fused-ring (bicyclic) bond motifs is 1. The van der Waals surface area contributed by atoms with Gasteiger partial charge in [-0.25, -0.2) is 0 Å². The Balaban J connectivity index is 1.86. The first-order valence-electron chi connectivity index (χ1n) is 6.80. The van der Waals surface area contributed by atoms with Crippen molar-refractivity contribution < 1.29 is 9.59 Å². The Hall–Kier alpha value is -2.63. The molecule has 0 saturated carbocycles. The average Bonchev–Trinajstić information content (AvgIpc) is 2.86. The van der Waals surface area contributed by atoms with Crippen molar-refractivity contribution in [2.75, 3.05) is 18.0 Å². The van der Waals surface area contributed by atoms with Crippen LogP contribution in [0.2, 0.25) is 0 Å². The Bertz CT molecular complexity index is 692. The van der Waals surface area contributed by atoms with Gasteiger partial charge >= 0.3 is 0 Å². The number of anilines is 1. The van der Waals surface area contributed by atoms with E-state index in [-0.39, 0.29) is 18.4 Å². The predicted octanol–water partition coefficient (Wildman–Crippen LogP) is 0.739. The topological polar surface area (TPSA) is 67.2 Å². The first-order valence-corrected chi connectivity index (χ1v) is 6.80. The van der Waals surface area contributed by atoms with Crippen LogP contribution in [-0.4, -0.2) is 34.7 Å². The standard InChI is InChI=1S/C15H16N4O2/c1-18-10-11(8-17-18)6-7-19-13-5-3-2-4-12(13)15(21)16-9-14(19)20/h2-5,8,10H,6-7,9H2,1H3,(H,16,21). The van der Waals surface area contributed by atoms with Gasteiger partial charge in [0.25, 0.3) is 5.91 Å². The third-order valence-electron chi connectivity index (χ3n) is 3.52. The predicted molar refractivity (Wildman–Crippen MR) is 78.0 cm³/mol. The lowest BCUT2D eigenvalue weighted by Gasteiger charge is -2.21. The molecule has 2 heterocycles. The minimum absolute atomic E-state index is 0.0283. The molecule has 3 rings (SSSR count). The molecule has 1 N–H and O–H groups in total. The highest BCUT2D eigenvalue weighted by Gasteiger charge is 2.25. The molecule has 0 spiro atoms. The second-order valence-electron chi connectivity index (χ2n) is 5.02. The highest BCUT2D eigenvalue weighted by Crippen LogP contribution is 2.22. The summed E-state index contributed by atoms with van der Waals surface area (Å²) in [5.41, 5.74) is 2.27. The van der Waals surface area contributed by atoms with Gasteiger partial charge in [0, 0.05) is 19.8 Å². The van der Waals surface area contributed by atoms with Gasteiger partial charge < -0.3 is 10.2 Å². The Morgan fingerprint density at radius 2 is 2.10 bits per heavy atom. The fourth-order valence-electron chi connectivity index (χ4n) is 2.47. The number of nitrogens with zero attached hydrogens (tertiary/aromatic N) is 3. The van der Waals surface area contributed by atoms with Crippen molar-refractivity contribution in [3.05, 3.63) is 47.8 Å². The molecule has 1 aromatic heterocycles. The summed E-state index contributed by atoms with van der Waals surface area (Å²) in [7, 11) is 1.86. The molecule has 1 aromatic carbocycles. The SMILES string of the molecule is Cn1cc(CCN2C(=O)CNC(=O)c3ccccc32)cn1. The molecular formula is C15H16N4O2. The number of rotatable bonds is 3. The molecule has 2 aromatic rings. The van der Waals surface area contributed by atoms with E-state index < -0.39 is 0 Å². The van der Waals surface area contributed by atoms with Crippen molar-refractivity contribution in [2.45, 2.75) is 6.42 Å². The van der Waals surface area contributed by atoms with Crippen molar-refractivity contribution in [3.63, 3.8) is 0 Å². The lowest BCUT2D eigenvalue weighted by molar-refractivity contribution is -0.117. The molecule has 0 atom stereocenters. The maximum absolute atomic E-state index is 12.2. The van der Waals surface area contributed by atoms with Crippen LogP contribution in [0, 0.1) is 0 Å². The van der Waals surface area contributed by atoms with Crippen LogP contribution in [0.5, 0.6) is 0 Å². The van der Waals surface area contributed by atoms with Gasteiger partial charge in [0.2, 0.25) is 5.91 Å². The number of carbonyl (C=O) groups is 2. The Morgan fingerprint density at radius 1 is 1.29 bits per heavy atom. The van der Waals surface area contributed by atoms with E-state index in [9.17, 15) is 9.59 Å². The molecule has 108 valence electrons. The van der Waals surface area contributed by atoms with Crippen molar-refractivity contribution in [1.29, 1.82) is 0 Å². The van der Waals surface area contributed by atoms with Gasteiger partial charge in [-0.2, -0.15) is 5.10 Å². The number of para-hydroxylation sites is 1. The zero-order chi connectivity index (χ0) is 14.8. The molecule has 1 aliphatic rings. The van der Waals surface area contributed by atoms with E-state index >= 15 is 0 Å². The average molecular weight is 284 g/mol. The molecule has 0 unspecified atom stereocenters. The van der Waals surface area contributed by atoms with Gasteiger partial charge in [-0.1, -0.05) is 12.1 Å². The Morgan fingerprint density at radius 3 is 2.86 bits per heavy atom. The molecule has 2 amide bonds. The van der Waals surface area contributed by atoms with Crippen LogP contribution in [-0.2, 0) is 18.3 Å². The van der Waals surface area contributed by atoms with E-state index in [1.54, 1.807) is 34.0 Å². The third-order valence-corrected chi connectivity index (χ3v) is 3.52. The number of hydrogen-bond donors (Lipinski definition) is 1. The monoisotopic (exact) mass is 284 g/mol. The summed E-state index contributed by atoms with van der Waals surface area (Å²) >= 11 is 0. The number of aryl methyl sites for hydroxylation is 1. The molecule has 21 heavy (non-hydrogen) atoms. The summed E-state index contributed by atoms with van der Waals surface area (Å²) in [6.45, 7) is 0.553. The van der Waals surface area contributed by atoms with E-state index in [1.807, 2.05) is 19.3 Å². The zero-order valence-corrected chi connectivity index (χ0v) is 11.7. The summed E-state index contributed by atoms with van der Waals surface area (Å²) in [5.74, 6) is -0.306. The van der Waals surface area contributed by atoms with Crippen LogP contribution >= 0.6 is 0 Å². The van der Waals surface area contributed by atoms with Gasteiger partial charge in [-0.05, 0) is 24.1 Å². The first kappa shape index (κ1) is 13.4. The quantitative estimate of drug-likeness (QED) is 0.904. The fraction of sp³-hybridized carbons (Fsp3) is 0.267. The third kappa shape index (κ3) is 2.65. The minimum atomic E-state index is -0.206. The molecule has 0 bridgehead atoms. The highest BCUT2D eigenvalue weighted by atomic mass is 16.2. The van der Waals surface area contributed by atoms with Crippen molar-refractivity contribution in [2.24, 2.45) is 7.05 Å². The van der Waals surface area contributed by atoms with Gasteiger partial charge in [0.1, 0.15) is 0 Å². The molecule has 6 nitrogen and oxygen atoms in total. The lowest BCUT2D eigenvalue weighted by Crippen LogP contribution is -2.37. The molecule has 0 radical (unpaired) electrons. The van der Waals surface area contributed by atoms with Crippen molar-refractivity contribution >= 4 is 17.5 Å². The second kappa shape index (κ2) is 5.40. The van der Waals surface area contributed by atoms with Gasteiger partial charge in [0.05, 0.1) is 24.0 Å². The maximum Gasteiger partial charge on any atom is 0.253 e. The first-order chi connectivity index (χ1) is 10.1. The van der Waals surface area contributed by atoms with Gasteiger partial charge in [-0.15, -0.1) is 0 Å².